The van der Waals surface area contributed by atoms with Crippen LogP contribution in [-0.4, -0.2) is 53.9 Å². The number of piperidine rings is 1. The van der Waals surface area contributed by atoms with Crippen molar-refractivity contribution in [3.63, 3.8) is 0 Å². The monoisotopic (exact) mass is 255 g/mol. The summed E-state index contributed by atoms with van der Waals surface area (Å²) in [5.74, 6) is -3.04. The number of methoxy groups -OCH3 is 1. The molecule has 0 saturated carbocycles. The van der Waals surface area contributed by atoms with Crippen molar-refractivity contribution in [3.8, 4) is 0 Å². The van der Waals surface area contributed by atoms with E-state index in [9.17, 15) is 27.9 Å². The largest absolute Gasteiger partial charge is 0.471 e. The van der Waals surface area contributed by atoms with Crippen molar-refractivity contribution in [3.05, 3.63) is 0 Å². The number of halogens is 3. The zero-order chi connectivity index (χ0) is 13.2. The first-order chi connectivity index (χ1) is 7.77. The van der Waals surface area contributed by atoms with E-state index >= 15 is 0 Å². The van der Waals surface area contributed by atoms with E-state index in [4.69, 9.17) is 0 Å². The standard InChI is InChI=1S/C9H12F3NO4/c1-17-7(15)6-4-5(14)2-3-13(6)8(16)9(10,11)12/h5-6,14H,2-4H2,1H3/t5?,6-/m0/s1. The Morgan fingerprint density at radius 2 is 2.00 bits per heavy atom. The second-order valence-corrected chi connectivity index (χ2v) is 3.71. The third kappa shape index (κ3) is 3.09. The van der Waals surface area contributed by atoms with Crippen molar-refractivity contribution in [2.45, 2.75) is 31.2 Å². The summed E-state index contributed by atoms with van der Waals surface area (Å²) < 4.78 is 41.1. The van der Waals surface area contributed by atoms with Gasteiger partial charge in [-0.3, -0.25) is 4.79 Å². The Morgan fingerprint density at radius 1 is 1.41 bits per heavy atom. The van der Waals surface area contributed by atoms with Gasteiger partial charge in [-0.25, -0.2) is 4.79 Å². The van der Waals surface area contributed by atoms with E-state index in [1.54, 1.807) is 0 Å². The van der Waals surface area contributed by atoms with Crippen LogP contribution in [0, 0.1) is 0 Å². The summed E-state index contributed by atoms with van der Waals surface area (Å²) in [4.78, 5) is 22.7. The highest BCUT2D eigenvalue weighted by molar-refractivity contribution is 5.87. The van der Waals surface area contributed by atoms with Gasteiger partial charge in [0.1, 0.15) is 6.04 Å². The first-order valence-electron chi connectivity index (χ1n) is 4.91. The maximum absolute atomic E-state index is 12.3. The topological polar surface area (TPSA) is 66.8 Å². The van der Waals surface area contributed by atoms with Crippen LogP contribution in [0.2, 0.25) is 0 Å². The quantitative estimate of drug-likeness (QED) is 0.673. The molecule has 1 unspecified atom stereocenters. The summed E-state index contributed by atoms with van der Waals surface area (Å²) in [5.41, 5.74) is 0. The number of esters is 1. The Morgan fingerprint density at radius 3 is 2.47 bits per heavy atom. The third-order valence-electron chi connectivity index (χ3n) is 2.55. The Bertz CT molecular complexity index is 318. The van der Waals surface area contributed by atoms with E-state index in [1.165, 1.54) is 0 Å². The SMILES string of the molecule is COC(=O)[C@@H]1CC(O)CCN1C(=O)C(F)(F)F. The number of nitrogens with zero attached hydrogens (tertiary/aromatic N) is 1. The lowest BCUT2D eigenvalue weighted by Crippen LogP contribution is -2.55. The van der Waals surface area contributed by atoms with Crippen LogP contribution >= 0.6 is 0 Å². The number of aliphatic hydroxyl groups is 1. The zero-order valence-corrected chi connectivity index (χ0v) is 9.03. The van der Waals surface area contributed by atoms with Crippen LogP contribution in [0.15, 0.2) is 0 Å². The van der Waals surface area contributed by atoms with Crippen molar-refractivity contribution in [1.82, 2.24) is 4.90 Å². The summed E-state index contributed by atoms with van der Waals surface area (Å²) in [5, 5.41) is 9.30. The normalized spacial score (nSPS) is 25.6. The fourth-order valence-electron chi connectivity index (χ4n) is 1.71. The number of likely N-dealkylation sites (tertiary alicyclic amines) is 1. The molecule has 1 amide bonds. The Hall–Kier alpha value is -1.31. The van der Waals surface area contributed by atoms with Gasteiger partial charge in [0.2, 0.25) is 0 Å². The average molecular weight is 255 g/mol. The molecule has 1 N–H and O–H groups in total. The van der Waals surface area contributed by atoms with Gasteiger partial charge in [-0.1, -0.05) is 0 Å². The number of hydrogen-bond donors (Lipinski definition) is 1. The first kappa shape index (κ1) is 13.8. The summed E-state index contributed by atoms with van der Waals surface area (Å²) in [6, 6.07) is -1.38. The molecule has 17 heavy (non-hydrogen) atoms. The van der Waals surface area contributed by atoms with Gasteiger partial charge in [-0.15, -0.1) is 0 Å². The van der Waals surface area contributed by atoms with Crippen molar-refractivity contribution in [2.24, 2.45) is 0 Å². The molecule has 1 heterocycles. The van der Waals surface area contributed by atoms with Gasteiger partial charge in [0.25, 0.3) is 0 Å². The minimum atomic E-state index is -5.03. The lowest BCUT2D eigenvalue weighted by molar-refractivity contribution is -0.193. The molecular formula is C9H12F3NO4. The molecule has 0 spiro atoms. The van der Waals surface area contributed by atoms with Gasteiger partial charge >= 0.3 is 18.1 Å². The molecule has 1 rings (SSSR count). The van der Waals surface area contributed by atoms with Crippen LogP contribution in [0.1, 0.15) is 12.8 Å². The average Bonchev–Trinajstić information content (AvgIpc) is 2.25. The molecule has 0 radical (unpaired) electrons. The number of rotatable bonds is 1. The fraction of sp³-hybridized carbons (Fsp3) is 0.778. The summed E-state index contributed by atoms with van der Waals surface area (Å²) in [7, 11) is 1.01. The van der Waals surface area contributed by atoms with Crippen LogP contribution in [-0.2, 0) is 14.3 Å². The van der Waals surface area contributed by atoms with E-state index in [1.807, 2.05) is 0 Å². The van der Waals surface area contributed by atoms with Crippen molar-refractivity contribution in [1.29, 1.82) is 0 Å². The van der Waals surface area contributed by atoms with Crippen LogP contribution in [0.25, 0.3) is 0 Å². The highest BCUT2D eigenvalue weighted by Gasteiger charge is 2.48. The molecule has 1 aliphatic heterocycles. The first-order valence-corrected chi connectivity index (χ1v) is 4.91. The van der Waals surface area contributed by atoms with Crippen LogP contribution in [0.5, 0.6) is 0 Å². The van der Waals surface area contributed by atoms with Gasteiger partial charge < -0.3 is 14.7 Å². The molecule has 5 nitrogen and oxygen atoms in total. The number of carbonyl (C=O) groups is 2. The van der Waals surface area contributed by atoms with Gasteiger partial charge in [-0.05, 0) is 6.42 Å². The van der Waals surface area contributed by atoms with Crippen molar-refractivity contribution in [2.75, 3.05) is 13.7 Å². The lowest BCUT2D eigenvalue weighted by Gasteiger charge is -2.36. The molecular weight excluding hydrogens is 243 g/mol. The highest BCUT2D eigenvalue weighted by atomic mass is 19.4. The molecule has 1 saturated heterocycles. The third-order valence-corrected chi connectivity index (χ3v) is 2.55. The molecule has 0 aromatic rings. The van der Waals surface area contributed by atoms with Crippen molar-refractivity contribution < 1.29 is 32.6 Å². The molecule has 8 heteroatoms. The molecule has 2 atom stereocenters. The smallest absolute Gasteiger partial charge is 0.467 e. The van der Waals surface area contributed by atoms with E-state index in [0.717, 1.165) is 7.11 Å². The summed E-state index contributed by atoms with van der Waals surface area (Å²) >= 11 is 0. The van der Waals surface area contributed by atoms with E-state index in [-0.39, 0.29) is 19.4 Å². The van der Waals surface area contributed by atoms with E-state index in [0.29, 0.717) is 4.90 Å². The Balaban J connectivity index is 2.88. The molecule has 0 aromatic carbocycles. The maximum Gasteiger partial charge on any atom is 0.471 e. The molecule has 0 bridgehead atoms. The van der Waals surface area contributed by atoms with Crippen LogP contribution < -0.4 is 0 Å². The number of carbonyl (C=O) groups excluding carboxylic acids is 2. The predicted octanol–water partition coefficient (Wildman–Crippen LogP) is 0.0736. The summed E-state index contributed by atoms with van der Waals surface area (Å²) in [6.07, 6.45) is -6.17. The number of amides is 1. The van der Waals surface area contributed by atoms with E-state index in [2.05, 4.69) is 4.74 Å². The molecule has 0 aromatic heterocycles. The van der Waals surface area contributed by atoms with Crippen LogP contribution in [0.4, 0.5) is 13.2 Å². The van der Waals surface area contributed by atoms with Crippen molar-refractivity contribution >= 4 is 11.9 Å². The molecule has 1 fully saturated rings. The van der Waals surface area contributed by atoms with Gasteiger partial charge in [-0.2, -0.15) is 13.2 Å². The molecule has 0 aliphatic carbocycles. The second kappa shape index (κ2) is 4.91. The summed E-state index contributed by atoms with van der Waals surface area (Å²) in [6.45, 7) is -0.320. The predicted molar refractivity (Wildman–Crippen MR) is 48.8 cm³/mol. The second-order valence-electron chi connectivity index (χ2n) is 3.71. The number of ether oxygens (including phenoxy) is 1. The fourth-order valence-corrected chi connectivity index (χ4v) is 1.71. The Kier molecular flexibility index (Phi) is 3.97. The lowest BCUT2D eigenvalue weighted by atomic mass is 9.99. The number of alkyl halides is 3. The van der Waals surface area contributed by atoms with Gasteiger partial charge in [0.05, 0.1) is 13.2 Å². The highest BCUT2D eigenvalue weighted by Crippen LogP contribution is 2.25. The van der Waals surface area contributed by atoms with Gasteiger partial charge in [0.15, 0.2) is 0 Å². The molecule has 1 aliphatic rings. The van der Waals surface area contributed by atoms with Crippen LogP contribution in [0.3, 0.4) is 0 Å². The number of hydrogen-bond acceptors (Lipinski definition) is 4. The maximum atomic E-state index is 12.3. The zero-order valence-electron chi connectivity index (χ0n) is 9.03. The Labute approximate surface area is 95.1 Å². The van der Waals surface area contributed by atoms with E-state index < -0.39 is 30.2 Å². The van der Waals surface area contributed by atoms with Gasteiger partial charge in [0, 0.05) is 13.0 Å². The minimum absolute atomic E-state index is 0.00924. The molecule has 98 valence electrons. The minimum Gasteiger partial charge on any atom is -0.467 e. The number of aliphatic hydroxyl groups excluding tert-OH is 1.